The number of amides is 2. The van der Waals surface area contributed by atoms with Crippen molar-refractivity contribution < 1.29 is 9.59 Å². The number of nitrogens with zero attached hydrogens (tertiary/aromatic N) is 4. The zero-order chi connectivity index (χ0) is 20.2. The molecule has 8 nitrogen and oxygen atoms in total. The molecule has 0 unspecified atom stereocenters. The van der Waals surface area contributed by atoms with E-state index in [2.05, 4.69) is 30.1 Å². The van der Waals surface area contributed by atoms with Crippen molar-refractivity contribution in [3.05, 3.63) is 54.5 Å². The lowest BCUT2D eigenvalue weighted by Gasteiger charge is -2.30. The van der Waals surface area contributed by atoms with Crippen molar-refractivity contribution in [1.29, 1.82) is 0 Å². The van der Waals surface area contributed by atoms with Gasteiger partial charge in [0, 0.05) is 30.4 Å². The molecule has 0 bridgehead atoms. The van der Waals surface area contributed by atoms with Crippen LogP contribution in [0.15, 0.2) is 48.7 Å². The van der Waals surface area contributed by atoms with Gasteiger partial charge in [-0.1, -0.05) is 12.1 Å². The lowest BCUT2D eigenvalue weighted by atomic mass is 9.96. The van der Waals surface area contributed by atoms with Crippen LogP contribution in [0.2, 0.25) is 0 Å². The average Bonchev–Trinajstić information content (AvgIpc) is 3.12. The summed E-state index contributed by atoms with van der Waals surface area (Å²) in [4.78, 5) is 25.8. The molecule has 0 saturated carbocycles. The van der Waals surface area contributed by atoms with Crippen LogP contribution >= 0.6 is 0 Å². The maximum absolute atomic E-state index is 12.4. The van der Waals surface area contributed by atoms with E-state index >= 15 is 0 Å². The Labute approximate surface area is 168 Å². The predicted octanol–water partition coefficient (Wildman–Crippen LogP) is 2.51. The summed E-state index contributed by atoms with van der Waals surface area (Å²) in [5.74, 6) is 1.15. The third-order valence-corrected chi connectivity index (χ3v) is 5.13. The van der Waals surface area contributed by atoms with E-state index < -0.39 is 0 Å². The molecule has 150 valence electrons. The second-order valence-electron chi connectivity index (χ2n) is 7.35. The van der Waals surface area contributed by atoms with Crippen molar-refractivity contribution >= 4 is 28.8 Å². The van der Waals surface area contributed by atoms with Crippen LogP contribution in [0.25, 0.3) is 5.65 Å². The van der Waals surface area contributed by atoms with Gasteiger partial charge >= 0.3 is 0 Å². The van der Waals surface area contributed by atoms with E-state index in [1.54, 1.807) is 18.2 Å². The third kappa shape index (κ3) is 4.60. The van der Waals surface area contributed by atoms with Gasteiger partial charge in [0.05, 0.1) is 6.54 Å². The highest BCUT2D eigenvalue weighted by molar-refractivity contribution is 5.94. The molecule has 1 aliphatic heterocycles. The first-order valence-corrected chi connectivity index (χ1v) is 9.78. The summed E-state index contributed by atoms with van der Waals surface area (Å²) < 4.78 is 2.05. The van der Waals surface area contributed by atoms with Gasteiger partial charge in [0.1, 0.15) is 5.82 Å². The highest BCUT2D eigenvalue weighted by Gasteiger charge is 2.25. The number of hydrogen-bond donors (Lipinski definition) is 2. The first-order chi connectivity index (χ1) is 14.1. The molecule has 4 rings (SSSR count). The molecule has 1 saturated heterocycles. The number of aromatic nitrogens is 3. The van der Waals surface area contributed by atoms with Crippen LogP contribution in [-0.2, 0) is 9.59 Å². The van der Waals surface area contributed by atoms with Crippen LogP contribution < -0.4 is 10.6 Å². The standard InChI is InChI=1S/C21H24N6O2/c1-15(28)22-17-5-4-6-18(13-17)23-20(29)14-26-11-8-16(9-12-26)21-25-24-19-7-2-3-10-27(19)21/h2-7,10,13,16H,8-9,11-12,14H2,1H3,(H,22,28)(H,23,29). The summed E-state index contributed by atoms with van der Waals surface area (Å²) >= 11 is 0. The monoisotopic (exact) mass is 392 g/mol. The molecular formula is C21H24N6O2. The van der Waals surface area contributed by atoms with E-state index in [0.29, 0.717) is 23.8 Å². The van der Waals surface area contributed by atoms with Crippen LogP contribution in [0.3, 0.4) is 0 Å². The Hall–Kier alpha value is -3.26. The molecule has 0 radical (unpaired) electrons. The number of fused-ring (bicyclic) bond motifs is 1. The van der Waals surface area contributed by atoms with Gasteiger partial charge in [-0.2, -0.15) is 0 Å². The number of carbonyl (C=O) groups is 2. The number of pyridine rings is 1. The number of rotatable bonds is 5. The second kappa shape index (κ2) is 8.40. The number of carbonyl (C=O) groups excluding carboxylic acids is 2. The first-order valence-electron chi connectivity index (χ1n) is 9.78. The fourth-order valence-electron chi connectivity index (χ4n) is 3.77. The number of piperidine rings is 1. The fourth-order valence-corrected chi connectivity index (χ4v) is 3.77. The third-order valence-electron chi connectivity index (χ3n) is 5.13. The minimum Gasteiger partial charge on any atom is -0.326 e. The van der Waals surface area contributed by atoms with Gasteiger partial charge in [0.15, 0.2) is 5.65 Å². The molecule has 0 aliphatic carbocycles. The van der Waals surface area contributed by atoms with Crippen LogP contribution in [0.1, 0.15) is 31.5 Å². The van der Waals surface area contributed by atoms with Gasteiger partial charge in [0.25, 0.3) is 0 Å². The van der Waals surface area contributed by atoms with E-state index in [-0.39, 0.29) is 11.8 Å². The summed E-state index contributed by atoms with van der Waals surface area (Å²) in [5.41, 5.74) is 2.20. The van der Waals surface area contributed by atoms with E-state index in [9.17, 15) is 9.59 Å². The highest BCUT2D eigenvalue weighted by atomic mass is 16.2. The molecule has 3 aromatic rings. The molecule has 1 aliphatic rings. The lowest BCUT2D eigenvalue weighted by Crippen LogP contribution is -2.39. The average molecular weight is 392 g/mol. The van der Waals surface area contributed by atoms with Crippen LogP contribution in [0, 0.1) is 0 Å². The Morgan fingerprint density at radius 1 is 1.03 bits per heavy atom. The number of likely N-dealkylation sites (tertiary alicyclic amines) is 1. The van der Waals surface area contributed by atoms with E-state index in [1.807, 2.05) is 30.5 Å². The Morgan fingerprint density at radius 3 is 2.55 bits per heavy atom. The number of benzene rings is 1. The molecule has 0 atom stereocenters. The summed E-state index contributed by atoms with van der Waals surface area (Å²) in [6, 6.07) is 13.1. The topological polar surface area (TPSA) is 91.6 Å². The fraction of sp³-hybridized carbons (Fsp3) is 0.333. The molecule has 29 heavy (non-hydrogen) atoms. The maximum Gasteiger partial charge on any atom is 0.238 e. The van der Waals surface area contributed by atoms with Gasteiger partial charge in [-0.3, -0.25) is 18.9 Å². The predicted molar refractivity (Wildman–Crippen MR) is 111 cm³/mol. The van der Waals surface area contributed by atoms with Gasteiger partial charge in [-0.25, -0.2) is 0 Å². The molecule has 2 amide bonds. The second-order valence-corrected chi connectivity index (χ2v) is 7.35. The molecule has 1 aromatic carbocycles. The Morgan fingerprint density at radius 2 is 1.79 bits per heavy atom. The Kier molecular flexibility index (Phi) is 5.53. The smallest absolute Gasteiger partial charge is 0.238 e. The van der Waals surface area contributed by atoms with E-state index in [4.69, 9.17) is 0 Å². The van der Waals surface area contributed by atoms with Gasteiger partial charge < -0.3 is 10.6 Å². The van der Waals surface area contributed by atoms with Crippen molar-refractivity contribution in [3.8, 4) is 0 Å². The Balaban J connectivity index is 1.30. The molecule has 3 heterocycles. The van der Waals surface area contributed by atoms with Crippen molar-refractivity contribution in [2.24, 2.45) is 0 Å². The zero-order valence-corrected chi connectivity index (χ0v) is 16.3. The van der Waals surface area contributed by atoms with E-state index in [0.717, 1.165) is 37.4 Å². The van der Waals surface area contributed by atoms with Crippen LogP contribution in [-0.4, -0.2) is 50.9 Å². The largest absolute Gasteiger partial charge is 0.326 e. The summed E-state index contributed by atoms with van der Waals surface area (Å²) in [6.45, 7) is 3.48. The van der Waals surface area contributed by atoms with Gasteiger partial charge in [-0.15, -0.1) is 10.2 Å². The SMILES string of the molecule is CC(=O)Nc1cccc(NC(=O)CN2CCC(c3nnc4ccccn34)CC2)c1. The summed E-state index contributed by atoms with van der Waals surface area (Å²) in [7, 11) is 0. The van der Waals surface area contributed by atoms with Crippen LogP contribution in [0.5, 0.6) is 0 Å². The normalized spacial score (nSPS) is 15.3. The molecule has 2 N–H and O–H groups in total. The minimum absolute atomic E-state index is 0.0589. The molecule has 1 fully saturated rings. The Bertz CT molecular complexity index is 1020. The van der Waals surface area contributed by atoms with Crippen molar-refractivity contribution in [2.75, 3.05) is 30.3 Å². The minimum atomic E-state index is -0.142. The lowest BCUT2D eigenvalue weighted by molar-refractivity contribution is -0.117. The van der Waals surface area contributed by atoms with Crippen molar-refractivity contribution in [3.63, 3.8) is 0 Å². The molecule has 8 heteroatoms. The van der Waals surface area contributed by atoms with Gasteiger partial charge in [-0.05, 0) is 56.3 Å². The van der Waals surface area contributed by atoms with Crippen molar-refractivity contribution in [2.45, 2.75) is 25.7 Å². The summed E-state index contributed by atoms with van der Waals surface area (Å²) in [5, 5.41) is 14.2. The molecule has 2 aromatic heterocycles. The summed E-state index contributed by atoms with van der Waals surface area (Å²) in [6.07, 6.45) is 3.89. The molecular weight excluding hydrogens is 368 g/mol. The number of anilines is 2. The van der Waals surface area contributed by atoms with Gasteiger partial charge in [0.2, 0.25) is 11.8 Å². The molecule has 0 spiro atoms. The number of hydrogen-bond acceptors (Lipinski definition) is 5. The zero-order valence-electron chi connectivity index (χ0n) is 16.3. The maximum atomic E-state index is 12.4. The highest BCUT2D eigenvalue weighted by Crippen LogP contribution is 2.27. The number of nitrogens with one attached hydrogen (secondary N) is 2. The van der Waals surface area contributed by atoms with E-state index in [1.165, 1.54) is 6.92 Å². The van der Waals surface area contributed by atoms with Crippen molar-refractivity contribution in [1.82, 2.24) is 19.5 Å². The quantitative estimate of drug-likeness (QED) is 0.696. The van der Waals surface area contributed by atoms with Crippen LogP contribution in [0.4, 0.5) is 11.4 Å². The first kappa shape index (κ1) is 19.1.